The van der Waals surface area contributed by atoms with Crippen molar-refractivity contribution in [3.05, 3.63) is 17.0 Å². The monoisotopic (exact) mass is 508 g/mol. The molecule has 7 nitrogen and oxygen atoms in total. The highest BCUT2D eigenvalue weighted by Gasteiger charge is 2.40. The van der Waals surface area contributed by atoms with Crippen LogP contribution in [-0.4, -0.2) is 77.6 Å². The van der Waals surface area contributed by atoms with E-state index in [-0.39, 0.29) is 29.5 Å². The SMILES string of the molecule is CN=C(NCc1c(C)nn(C)c1C)NCC1(N2CCOCC2)CCSC1.I. The van der Waals surface area contributed by atoms with Gasteiger partial charge in [0.05, 0.1) is 18.9 Å². The standard InChI is InChI=1S/C18H32N6OS.HI/c1-14-16(15(2)23(4)22-14)11-20-17(19-3)21-12-18(5-10-26-13-18)24-6-8-25-9-7-24;/h5-13H2,1-4H3,(H2,19,20,21);1H. The van der Waals surface area contributed by atoms with E-state index in [9.17, 15) is 0 Å². The van der Waals surface area contributed by atoms with Crippen LogP contribution in [0.1, 0.15) is 23.4 Å². The number of morpholine rings is 1. The summed E-state index contributed by atoms with van der Waals surface area (Å²) in [5.41, 5.74) is 3.73. The second-order valence-corrected chi connectivity index (χ2v) is 8.28. The first kappa shape index (κ1) is 22.8. The summed E-state index contributed by atoms with van der Waals surface area (Å²) in [5, 5.41) is 11.5. The molecule has 2 N–H and O–H groups in total. The Hall–Kier alpha value is -0.520. The number of rotatable bonds is 5. The number of ether oxygens (including phenoxy) is 1. The maximum Gasteiger partial charge on any atom is 0.191 e. The minimum absolute atomic E-state index is 0. The van der Waals surface area contributed by atoms with Gasteiger partial charge < -0.3 is 15.4 Å². The third-order valence-corrected chi connectivity index (χ3v) is 6.90. The summed E-state index contributed by atoms with van der Waals surface area (Å²) >= 11 is 2.06. The zero-order chi connectivity index (χ0) is 18.6. The van der Waals surface area contributed by atoms with Crippen LogP contribution < -0.4 is 10.6 Å². The molecule has 0 aliphatic carbocycles. The molecular weight excluding hydrogens is 475 g/mol. The highest BCUT2D eigenvalue weighted by molar-refractivity contribution is 14.0. The number of nitrogens with one attached hydrogen (secondary N) is 2. The van der Waals surface area contributed by atoms with E-state index in [4.69, 9.17) is 4.74 Å². The molecule has 1 aromatic rings. The molecule has 3 rings (SSSR count). The Labute approximate surface area is 184 Å². The van der Waals surface area contributed by atoms with Crippen LogP contribution in [0.4, 0.5) is 0 Å². The Morgan fingerprint density at radius 3 is 2.59 bits per heavy atom. The molecule has 0 amide bonds. The molecular formula is C18H33IN6OS. The molecule has 154 valence electrons. The molecule has 1 aromatic heterocycles. The summed E-state index contributed by atoms with van der Waals surface area (Å²) < 4.78 is 7.49. The molecule has 2 aliphatic rings. The van der Waals surface area contributed by atoms with Crippen LogP contribution in [-0.2, 0) is 18.3 Å². The number of hydrogen-bond donors (Lipinski definition) is 2. The number of thioether (sulfide) groups is 1. The van der Waals surface area contributed by atoms with Gasteiger partial charge in [0.25, 0.3) is 0 Å². The predicted octanol–water partition coefficient (Wildman–Crippen LogP) is 1.53. The molecule has 1 unspecified atom stereocenters. The average Bonchev–Trinajstić information content (AvgIpc) is 3.23. The lowest BCUT2D eigenvalue weighted by Crippen LogP contribution is -2.60. The van der Waals surface area contributed by atoms with Gasteiger partial charge in [-0.25, -0.2) is 0 Å². The van der Waals surface area contributed by atoms with Crippen LogP contribution >= 0.6 is 35.7 Å². The molecule has 9 heteroatoms. The third kappa shape index (κ3) is 5.30. The smallest absolute Gasteiger partial charge is 0.191 e. The van der Waals surface area contributed by atoms with Crippen molar-refractivity contribution in [3.8, 4) is 0 Å². The summed E-state index contributed by atoms with van der Waals surface area (Å²) in [5.74, 6) is 3.27. The van der Waals surface area contributed by atoms with Crippen LogP contribution in [0.2, 0.25) is 0 Å². The summed E-state index contributed by atoms with van der Waals surface area (Å²) in [7, 11) is 3.83. The van der Waals surface area contributed by atoms with Crippen molar-refractivity contribution in [2.45, 2.75) is 32.4 Å². The molecule has 2 fully saturated rings. The van der Waals surface area contributed by atoms with Crippen molar-refractivity contribution in [1.29, 1.82) is 0 Å². The van der Waals surface area contributed by atoms with Gasteiger partial charge in [-0.05, 0) is 26.0 Å². The first-order valence-electron chi connectivity index (χ1n) is 9.40. The maximum atomic E-state index is 5.55. The van der Waals surface area contributed by atoms with E-state index in [2.05, 4.69) is 51.2 Å². The Morgan fingerprint density at radius 1 is 1.30 bits per heavy atom. The molecule has 1 atom stereocenters. The number of guanidine groups is 1. The fourth-order valence-corrected chi connectivity index (χ4v) is 5.33. The fourth-order valence-electron chi connectivity index (χ4n) is 3.85. The van der Waals surface area contributed by atoms with E-state index >= 15 is 0 Å². The first-order valence-corrected chi connectivity index (χ1v) is 10.6. The Balaban J connectivity index is 0.00000261. The van der Waals surface area contributed by atoms with Gasteiger partial charge in [0.2, 0.25) is 0 Å². The van der Waals surface area contributed by atoms with E-state index in [1.54, 1.807) is 0 Å². The third-order valence-electron chi connectivity index (χ3n) is 5.66. The number of hydrogen-bond acceptors (Lipinski definition) is 5. The van der Waals surface area contributed by atoms with Crippen molar-refractivity contribution in [2.24, 2.45) is 12.0 Å². The van der Waals surface area contributed by atoms with Crippen molar-refractivity contribution in [3.63, 3.8) is 0 Å². The van der Waals surface area contributed by atoms with Gasteiger partial charge in [0, 0.05) is 62.8 Å². The first-order chi connectivity index (χ1) is 12.6. The van der Waals surface area contributed by atoms with Crippen LogP contribution in [0.3, 0.4) is 0 Å². The molecule has 0 aromatic carbocycles. The highest BCUT2D eigenvalue weighted by Crippen LogP contribution is 2.33. The predicted molar refractivity (Wildman–Crippen MR) is 123 cm³/mol. The van der Waals surface area contributed by atoms with E-state index in [0.29, 0.717) is 0 Å². The molecule has 0 spiro atoms. The maximum absolute atomic E-state index is 5.55. The van der Waals surface area contributed by atoms with Crippen molar-refractivity contribution < 1.29 is 4.74 Å². The van der Waals surface area contributed by atoms with Gasteiger partial charge >= 0.3 is 0 Å². The Bertz CT molecular complexity index is 638. The summed E-state index contributed by atoms with van der Waals surface area (Å²) in [6.45, 7) is 9.58. The average molecular weight is 508 g/mol. The molecule has 3 heterocycles. The van der Waals surface area contributed by atoms with E-state index < -0.39 is 0 Å². The van der Waals surface area contributed by atoms with E-state index in [0.717, 1.165) is 51.0 Å². The lowest BCUT2D eigenvalue weighted by atomic mass is 9.95. The Kier molecular flexibility index (Phi) is 8.70. The number of aryl methyl sites for hydroxylation is 2. The lowest BCUT2D eigenvalue weighted by molar-refractivity contribution is -0.0120. The molecule has 2 saturated heterocycles. The van der Waals surface area contributed by atoms with E-state index in [1.165, 1.54) is 29.2 Å². The van der Waals surface area contributed by atoms with Crippen molar-refractivity contribution >= 4 is 41.7 Å². The van der Waals surface area contributed by atoms with Gasteiger partial charge in [-0.1, -0.05) is 0 Å². The number of aromatic nitrogens is 2. The van der Waals surface area contributed by atoms with E-state index in [1.807, 2.05) is 18.8 Å². The largest absolute Gasteiger partial charge is 0.379 e. The van der Waals surface area contributed by atoms with Gasteiger partial charge in [-0.15, -0.1) is 24.0 Å². The Morgan fingerprint density at radius 2 is 2.04 bits per heavy atom. The lowest BCUT2D eigenvalue weighted by Gasteiger charge is -2.43. The summed E-state index contributed by atoms with van der Waals surface area (Å²) in [6.07, 6.45) is 1.22. The second kappa shape index (κ2) is 10.3. The molecule has 0 saturated carbocycles. The number of aliphatic imine (C=N–C) groups is 1. The zero-order valence-corrected chi connectivity index (χ0v) is 20.0. The van der Waals surface area contributed by atoms with Crippen LogP contribution in [0.15, 0.2) is 4.99 Å². The molecule has 0 bridgehead atoms. The second-order valence-electron chi connectivity index (χ2n) is 7.18. The van der Waals surface area contributed by atoms with Gasteiger partial charge in [-0.3, -0.25) is 14.6 Å². The van der Waals surface area contributed by atoms with Crippen molar-refractivity contribution in [1.82, 2.24) is 25.3 Å². The molecule has 2 aliphatic heterocycles. The van der Waals surface area contributed by atoms with Crippen LogP contribution in [0, 0.1) is 13.8 Å². The molecule has 27 heavy (non-hydrogen) atoms. The topological polar surface area (TPSA) is 66.7 Å². The van der Waals surface area contributed by atoms with Crippen LogP contribution in [0.5, 0.6) is 0 Å². The highest BCUT2D eigenvalue weighted by atomic mass is 127. The van der Waals surface area contributed by atoms with Gasteiger partial charge in [0.1, 0.15) is 0 Å². The number of nitrogens with zero attached hydrogens (tertiary/aromatic N) is 4. The minimum Gasteiger partial charge on any atom is -0.379 e. The van der Waals surface area contributed by atoms with Crippen molar-refractivity contribution in [2.75, 3.05) is 51.4 Å². The minimum atomic E-state index is 0. The van der Waals surface area contributed by atoms with Gasteiger partial charge in [-0.2, -0.15) is 16.9 Å². The van der Waals surface area contributed by atoms with Crippen LogP contribution in [0.25, 0.3) is 0 Å². The van der Waals surface area contributed by atoms with Gasteiger partial charge in [0.15, 0.2) is 5.96 Å². The quantitative estimate of drug-likeness (QED) is 0.358. The number of halogens is 1. The zero-order valence-electron chi connectivity index (χ0n) is 16.9. The summed E-state index contributed by atoms with van der Waals surface area (Å²) in [6, 6.07) is 0. The fraction of sp³-hybridized carbons (Fsp3) is 0.778. The molecule has 0 radical (unpaired) electrons. The normalized spacial score (nSPS) is 23.9. The summed E-state index contributed by atoms with van der Waals surface area (Å²) in [4.78, 5) is 7.04.